The van der Waals surface area contributed by atoms with Crippen LogP contribution in [0.4, 0.5) is 5.69 Å². The number of nitrogens with one attached hydrogen (secondary N) is 1. The van der Waals surface area contributed by atoms with Crippen LogP contribution in [0.15, 0.2) is 18.2 Å². The van der Waals surface area contributed by atoms with Crippen LogP contribution >= 0.6 is 0 Å². The molecule has 5 heteroatoms. The molecule has 21 heavy (non-hydrogen) atoms. The van der Waals surface area contributed by atoms with Gasteiger partial charge in [-0.25, -0.2) is 8.42 Å². The van der Waals surface area contributed by atoms with E-state index in [0.717, 1.165) is 5.56 Å². The van der Waals surface area contributed by atoms with Gasteiger partial charge in [0.15, 0.2) is 0 Å². The fourth-order valence-electron chi connectivity index (χ4n) is 1.65. The van der Waals surface area contributed by atoms with Gasteiger partial charge in [-0.3, -0.25) is 4.72 Å². The van der Waals surface area contributed by atoms with Crippen molar-refractivity contribution in [3.05, 3.63) is 29.3 Å². The lowest BCUT2D eigenvalue weighted by atomic mass is 9.94. The van der Waals surface area contributed by atoms with Crippen LogP contribution in [0.5, 0.6) is 0 Å². The summed E-state index contributed by atoms with van der Waals surface area (Å²) in [5.41, 5.74) is 1.93. The van der Waals surface area contributed by atoms with Crippen LogP contribution in [0.3, 0.4) is 0 Å². The minimum Gasteiger partial charge on any atom is -0.384 e. The van der Waals surface area contributed by atoms with Gasteiger partial charge in [-0.1, -0.05) is 38.7 Å². The molecule has 1 aromatic rings. The van der Waals surface area contributed by atoms with Gasteiger partial charge in [-0.05, 0) is 36.5 Å². The van der Waals surface area contributed by atoms with E-state index >= 15 is 0 Å². The van der Waals surface area contributed by atoms with Crippen LogP contribution in [0.2, 0.25) is 0 Å². The van der Waals surface area contributed by atoms with Crippen molar-refractivity contribution < 1.29 is 13.5 Å². The first-order valence-electron chi connectivity index (χ1n) is 6.84. The van der Waals surface area contributed by atoms with Gasteiger partial charge in [-0.15, -0.1) is 0 Å². The van der Waals surface area contributed by atoms with Crippen molar-refractivity contribution in [3.8, 4) is 11.8 Å². The lowest BCUT2D eigenvalue weighted by molar-refractivity contribution is 0.350. The molecule has 0 aliphatic carbocycles. The quantitative estimate of drug-likeness (QED) is 0.840. The average molecular weight is 309 g/mol. The molecule has 0 aromatic heterocycles. The third-order valence-corrected chi connectivity index (χ3v) is 4.14. The van der Waals surface area contributed by atoms with E-state index in [9.17, 15) is 8.42 Å². The van der Waals surface area contributed by atoms with Crippen LogP contribution in [0.1, 0.15) is 38.3 Å². The highest BCUT2D eigenvalue weighted by atomic mass is 32.2. The maximum Gasteiger partial charge on any atom is 0.232 e. The predicted octanol–water partition coefficient (Wildman–Crippen LogP) is 2.52. The zero-order valence-corrected chi connectivity index (χ0v) is 13.8. The molecule has 0 atom stereocenters. The molecule has 2 N–H and O–H groups in total. The summed E-state index contributed by atoms with van der Waals surface area (Å²) in [5.74, 6) is 5.36. The fraction of sp³-hybridized carbons (Fsp3) is 0.500. The molecule has 0 bridgehead atoms. The normalized spacial score (nSPS) is 11.7. The van der Waals surface area contributed by atoms with Gasteiger partial charge in [-0.2, -0.15) is 0 Å². The van der Waals surface area contributed by atoms with Gasteiger partial charge >= 0.3 is 0 Å². The number of aliphatic hydroxyl groups excluding tert-OH is 1. The van der Waals surface area contributed by atoms with Crippen LogP contribution in [0.25, 0.3) is 0 Å². The zero-order valence-electron chi connectivity index (χ0n) is 13.0. The smallest absolute Gasteiger partial charge is 0.232 e. The summed E-state index contributed by atoms with van der Waals surface area (Å²) >= 11 is 0. The summed E-state index contributed by atoms with van der Waals surface area (Å²) in [5, 5.41) is 8.77. The molecule has 0 fully saturated rings. The molecular weight excluding hydrogens is 286 g/mol. The van der Waals surface area contributed by atoms with E-state index in [1.165, 1.54) is 0 Å². The molecule has 0 saturated heterocycles. The molecule has 1 aromatic carbocycles. The highest BCUT2D eigenvalue weighted by Crippen LogP contribution is 2.22. The van der Waals surface area contributed by atoms with E-state index in [-0.39, 0.29) is 17.8 Å². The Labute approximate surface area is 127 Å². The van der Waals surface area contributed by atoms with Crippen LogP contribution < -0.4 is 4.72 Å². The Balaban J connectivity index is 2.98. The molecule has 0 radical (unpaired) electrons. The van der Waals surface area contributed by atoms with Crippen molar-refractivity contribution >= 4 is 15.7 Å². The summed E-state index contributed by atoms with van der Waals surface area (Å²) in [6, 6.07) is 5.35. The highest BCUT2D eigenvalue weighted by molar-refractivity contribution is 7.92. The number of rotatable bonds is 4. The number of hydrogen-bond donors (Lipinski definition) is 2. The topological polar surface area (TPSA) is 66.4 Å². The second-order valence-corrected chi connectivity index (χ2v) is 8.08. The van der Waals surface area contributed by atoms with E-state index in [2.05, 4.69) is 16.6 Å². The van der Waals surface area contributed by atoms with E-state index in [1.807, 2.05) is 33.8 Å². The third-order valence-electron chi connectivity index (χ3n) is 2.86. The molecule has 0 amide bonds. The van der Waals surface area contributed by atoms with Gasteiger partial charge < -0.3 is 5.11 Å². The Hall–Kier alpha value is -1.51. The number of anilines is 1. The number of hydrogen-bond acceptors (Lipinski definition) is 3. The van der Waals surface area contributed by atoms with Gasteiger partial charge in [0.1, 0.15) is 6.61 Å². The van der Waals surface area contributed by atoms with E-state index in [1.54, 1.807) is 12.1 Å². The molecule has 116 valence electrons. The minimum atomic E-state index is -3.41. The Morgan fingerprint density at radius 2 is 1.95 bits per heavy atom. The lowest BCUT2D eigenvalue weighted by Gasteiger charge is -2.18. The Kier molecular flexibility index (Phi) is 5.82. The average Bonchev–Trinajstić information content (AvgIpc) is 2.34. The zero-order chi connectivity index (χ0) is 16.1. The van der Waals surface area contributed by atoms with E-state index in [0.29, 0.717) is 17.7 Å². The van der Waals surface area contributed by atoms with Crippen molar-refractivity contribution in [2.24, 2.45) is 5.41 Å². The number of sulfonamides is 1. The fourth-order valence-corrected chi connectivity index (χ4v) is 3.13. The maximum absolute atomic E-state index is 12.2. The Morgan fingerprint density at radius 3 is 2.52 bits per heavy atom. The second kappa shape index (κ2) is 6.97. The molecule has 0 heterocycles. The number of aliphatic hydroxyl groups is 1. The maximum atomic E-state index is 12.2. The molecule has 0 spiro atoms. The Bertz CT molecular complexity index is 646. The first kappa shape index (κ1) is 17.5. The Morgan fingerprint density at radius 1 is 1.29 bits per heavy atom. The summed E-state index contributed by atoms with van der Waals surface area (Å²) in [4.78, 5) is 0. The largest absolute Gasteiger partial charge is 0.384 e. The molecule has 4 nitrogen and oxygen atoms in total. The highest BCUT2D eigenvalue weighted by Gasteiger charge is 2.18. The molecule has 0 aliphatic heterocycles. The molecule has 0 saturated carbocycles. The van der Waals surface area contributed by atoms with E-state index in [4.69, 9.17) is 5.11 Å². The monoisotopic (exact) mass is 309 g/mol. The standard InChI is InChI=1S/C16H23NO3S/c1-13-7-8-14(6-5-10-18)15(12-13)17-21(19,20)11-9-16(2,3)4/h7-8,12,17-18H,9-11H2,1-4H3. The van der Waals surface area contributed by atoms with Gasteiger partial charge in [0.2, 0.25) is 10.0 Å². The van der Waals surface area contributed by atoms with Crippen LogP contribution in [0, 0.1) is 24.2 Å². The van der Waals surface area contributed by atoms with Gasteiger partial charge in [0, 0.05) is 5.56 Å². The van der Waals surface area contributed by atoms with Crippen molar-refractivity contribution in [1.29, 1.82) is 0 Å². The SMILES string of the molecule is Cc1ccc(C#CCO)c(NS(=O)(=O)CCC(C)(C)C)c1. The van der Waals surface area contributed by atoms with Crippen molar-refractivity contribution in [1.82, 2.24) is 0 Å². The minimum absolute atomic E-state index is 0.0408. The first-order chi connectivity index (χ1) is 9.63. The molecule has 1 rings (SSSR count). The lowest BCUT2D eigenvalue weighted by Crippen LogP contribution is -2.21. The van der Waals surface area contributed by atoms with Crippen molar-refractivity contribution in [2.45, 2.75) is 34.1 Å². The van der Waals surface area contributed by atoms with Gasteiger partial charge in [0.25, 0.3) is 0 Å². The summed E-state index contributed by atoms with van der Waals surface area (Å²) in [6.07, 6.45) is 0.575. The number of benzene rings is 1. The van der Waals surface area contributed by atoms with Crippen molar-refractivity contribution in [2.75, 3.05) is 17.1 Å². The summed E-state index contributed by atoms with van der Waals surface area (Å²) < 4.78 is 26.9. The number of aryl methyl sites for hydroxylation is 1. The summed E-state index contributed by atoms with van der Waals surface area (Å²) in [7, 11) is -3.41. The molecule has 0 unspecified atom stereocenters. The summed E-state index contributed by atoms with van der Waals surface area (Å²) in [6.45, 7) is 7.65. The van der Waals surface area contributed by atoms with Crippen molar-refractivity contribution in [3.63, 3.8) is 0 Å². The molecular formula is C16H23NO3S. The predicted molar refractivity (Wildman–Crippen MR) is 86.6 cm³/mol. The first-order valence-corrected chi connectivity index (χ1v) is 8.49. The third kappa shape index (κ3) is 6.65. The van der Waals surface area contributed by atoms with Gasteiger partial charge in [0.05, 0.1) is 11.4 Å². The molecule has 0 aliphatic rings. The van der Waals surface area contributed by atoms with Crippen LogP contribution in [-0.2, 0) is 10.0 Å². The van der Waals surface area contributed by atoms with Crippen LogP contribution in [-0.4, -0.2) is 25.9 Å². The van der Waals surface area contributed by atoms with E-state index < -0.39 is 10.0 Å². The second-order valence-electron chi connectivity index (χ2n) is 6.24.